The number of hydrogen-bond donors (Lipinski definition) is 1. The number of nitrogens with one attached hydrogen (secondary N) is 1. The van der Waals surface area contributed by atoms with E-state index in [-0.39, 0.29) is 17.2 Å². The zero-order valence-corrected chi connectivity index (χ0v) is 13.6. The van der Waals surface area contributed by atoms with Crippen molar-refractivity contribution in [3.8, 4) is 0 Å². The largest absolute Gasteiger partial charge is 0.468 e. The van der Waals surface area contributed by atoms with Crippen LogP contribution in [0.2, 0.25) is 0 Å². The molecular formula is C18H26N2O3. The Labute approximate surface area is 137 Å². The molecule has 1 amide bonds. The fourth-order valence-corrected chi connectivity index (χ4v) is 4.15. The summed E-state index contributed by atoms with van der Waals surface area (Å²) in [6.45, 7) is 5.01. The summed E-state index contributed by atoms with van der Waals surface area (Å²) in [5.41, 5.74) is 0.0818. The molecule has 1 aromatic heterocycles. The summed E-state index contributed by atoms with van der Waals surface area (Å²) in [5.74, 6) is 2.04. The Morgan fingerprint density at radius 2 is 2.17 bits per heavy atom. The number of nitrogens with zero attached hydrogens (tertiary/aromatic N) is 1. The highest BCUT2D eigenvalue weighted by atomic mass is 16.5. The van der Waals surface area contributed by atoms with Crippen molar-refractivity contribution in [2.45, 2.75) is 32.2 Å². The summed E-state index contributed by atoms with van der Waals surface area (Å²) in [4.78, 5) is 15.2. The Bertz CT molecular complexity index is 532. The van der Waals surface area contributed by atoms with Crippen molar-refractivity contribution < 1.29 is 13.9 Å². The van der Waals surface area contributed by atoms with Crippen LogP contribution in [0.5, 0.6) is 0 Å². The van der Waals surface area contributed by atoms with E-state index in [0.29, 0.717) is 0 Å². The SMILES string of the molecule is O=C(NCC1CC1)[C@H]1CN(Cc2ccco2)CC12CCOCC2. The minimum Gasteiger partial charge on any atom is -0.468 e. The molecule has 0 radical (unpaired) electrons. The van der Waals surface area contributed by atoms with Crippen LogP contribution in [-0.4, -0.2) is 43.7 Å². The van der Waals surface area contributed by atoms with Gasteiger partial charge in [0, 0.05) is 38.3 Å². The van der Waals surface area contributed by atoms with Gasteiger partial charge in [-0.15, -0.1) is 0 Å². The van der Waals surface area contributed by atoms with Crippen LogP contribution in [0.3, 0.4) is 0 Å². The molecule has 1 N–H and O–H groups in total. The molecule has 3 aliphatic rings. The second-order valence-electron chi connectivity index (χ2n) is 7.46. The van der Waals surface area contributed by atoms with Gasteiger partial charge in [0.25, 0.3) is 0 Å². The maximum absolute atomic E-state index is 12.8. The molecule has 1 aliphatic carbocycles. The number of ether oxygens (including phenoxy) is 1. The molecule has 4 rings (SSSR count). The lowest BCUT2D eigenvalue weighted by atomic mass is 9.71. The van der Waals surface area contributed by atoms with Crippen molar-refractivity contribution >= 4 is 5.91 Å². The second kappa shape index (κ2) is 6.29. The average molecular weight is 318 g/mol. The Morgan fingerprint density at radius 1 is 1.35 bits per heavy atom. The predicted octanol–water partition coefficient (Wildman–Crippen LogP) is 2.03. The van der Waals surface area contributed by atoms with Crippen molar-refractivity contribution in [3.63, 3.8) is 0 Å². The molecule has 1 aromatic rings. The smallest absolute Gasteiger partial charge is 0.225 e. The van der Waals surface area contributed by atoms with Gasteiger partial charge in [0.15, 0.2) is 0 Å². The number of carbonyl (C=O) groups is 1. The first-order valence-electron chi connectivity index (χ1n) is 8.85. The van der Waals surface area contributed by atoms with Gasteiger partial charge in [0.1, 0.15) is 5.76 Å². The lowest BCUT2D eigenvalue weighted by Gasteiger charge is -2.37. The lowest BCUT2D eigenvalue weighted by molar-refractivity contribution is -0.129. The lowest BCUT2D eigenvalue weighted by Crippen LogP contribution is -2.44. The maximum atomic E-state index is 12.8. The molecule has 1 atom stereocenters. The average Bonchev–Trinajstić information content (AvgIpc) is 3.14. The van der Waals surface area contributed by atoms with Crippen LogP contribution in [0.25, 0.3) is 0 Å². The molecule has 126 valence electrons. The number of carbonyl (C=O) groups excluding carboxylic acids is 1. The number of rotatable bonds is 5. The third-order valence-corrected chi connectivity index (χ3v) is 5.74. The van der Waals surface area contributed by atoms with E-state index in [1.54, 1.807) is 6.26 Å². The van der Waals surface area contributed by atoms with Gasteiger partial charge < -0.3 is 14.5 Å². The van der Waals surface area contributed by atoms with Gasteiger partial charge in [0.05, 0.1) is 18.7 Å². The Kier molecular flexibility index (Phi) is 4.16. The molecule has 2 aliphatic heterocycles. The topological polar surface area (TPSA) is 54.7 Å². The van der Waals surface area contributed by atoms with Gasteiger partial charge in [-0.05, 0) is 43.7 Å². The van der Waals surface area contributed by atoms with Gasteiger partial charge in [-0.1, -0.05) is 0 Å². The van der Waals surface area contributed by atoms with E-state index in [2.05, 4.69) is 10.2 Å². The van der Waals surface area contributed by atoms with E-state index in [1.165, 1.54) is 12.8 Å². The molecule has 1 saturated carbocycles. The zero-order valence-electron chi connectivity index (χ0n) is 13.6. The molecule has 5 heteroatoms. The summed E-state index contributed by atoms with van der Waals surface area (Å²) >= 11 is 0. The summed E-state index contributed by atoms with van der Waals surface area (Å²) in [6, 6.07) is 3.94. The van der Waals surface area contributed by atoms with Crippen LogP contribution < -0.4 is 5.32 Å². The highest BCUT2D eigenvalue weighted by Gasteiger charge is 2.50. The second-order valence-corrected chi connectivity index (χ2v) is 7.46. The van der Waals surface area contributed by atoms with Crippen LogP contribution in [0.4, 0.5) is 0 Å². The molecule has 23 heavy (non-hydrogen) atoms. The van der Waals surface area contributed by atoms with E-state index in [0.717, 1.165) is 63.9 Å². The van der Waals surface area contributed by atoms with Crippen molar-refractivity contribution in [3.05, 3.63) is 24.2 Å². The first kappa shape index (κ1) is 15.2. The molecule has 3 fully saturated rings. The third-order valence-electron chi connectivity index (χ3n) is 5.74. The van der Waals surface area contributed by atoms with Gasteiger partial charge in [-0.25, -0.2) is 0 Å². The molecule has 2 saturated heterocycles. The van der Waals surface area contributed by atoms with Crippen LogP contribution in [0, 0.1) is 17.3 Å². The van der Waals surface area contributed by atoms with Crippen LogP contribution in [0.1, 0.15) is 31.4 Å². The Balaban J connectivity index is 1.45. The summed E-state index contributed by atoms with van der Waals surface area (Å²) in [5, 5.41) is 3.21. The summed E-state index contributed by atoms with van der Waals surface area (Å²) < 4.78 is 11.1. The molecule has 0 unspecified atom stereocenters. The maximum Gasteiger partial charge on any atom is 0.225 e. The number of likely N-dealkylation sites (tertiary alicyclic amines) is 1. The van der Waals surface area contributed by atoms with E-state index in [1.807, 2.05) is 12.1 Å². The fourth-order valence-electron chi connectivity index (χ4n) is 4.15. The van der Waals surface area contributed by atoms with Crippen molar-refractivity contribution in [1.29, 1.82) is 0 Å². The first-order chi connectivity index (χ1) is 11.3. The highest BCUT2D eigenvalue weighted by Crippen LogP contribution is 2.45. The molecule has 0 bridgehead atoms. The van der Waals surface area contributed by atoms with Crippen LogP contribution in [0.15, 0.2) is 22.8 Å². The van der Waals surface area contributed by atoms with Crippen LogP contribution in [-0.2, 0) is 16.1 Å². The zero-order chi connectivity index (χ0) is 15.7. The molecular weight excluding hydrogens is 292 g/mol. The van der Waals surface area contributed by atoms with Crippen molar-refractivity contribution in [1.82, 2.24) is 10.2 Å². The first-order valence-corrected chi connectivity index (χ1v) is 8.85. The Hall–Kier alpha value is -1.33. The van der Waals surface area contributed by atoms with Gasteiger partial charge >= 0.3 is 0 Å². The predicted molar refractivity (Wildman–Crippen MR) is 85.7 cm³/mol. The third kappa shape index (κ3) is 3.31. The summed E-state index contributed by atoms with van der Waals surface area (Å²) in [6.07, 6.45) is 6.24. The molecule has 1 spiro atoms. The summed E-state index contributed by atoms with van der Waals surface area (Å²) in [7, 11) is 0. The quantitative estimate of drug-likeness (QED) is 0.902. The molecule has 5 nitrogen and oxygen atoms in total. The molecule has 3 heterocycles. The highest BCUT2D eigenvalue weighted by molar-refractivity contribution is 5.80. The van der Waals surface area contributed by atoms with Gasteiger partial charge in [0.2, 0.25) is 5.91 Å². The number of furan rings is 1. The number of hydrogen-bond acceptors (Lipinski definition) is 4. The van der Waals surface area contributed by atoms with E-state index in [4.69, 9.17) is 9.15 Å². The fraction of sp³-hybridized carbons (Fsp3) is 0.722. The van der Waals surface area contributed by atoms with E-state index >= 15 is 0 Å². The monoisotopic (exact) mass is 318 g/mol. The minimum atomic E-state index is 0.0818. The van der Waals surface area contributed by atoms with Gasteiger partial charge in [-0.2, -0.15) is 0 Å². The normalized spacial score (nSPS) is 27.4. The number of amides is 1. The van der Waals surface area contributed by atoms with Crippen LogP contribution >= 0.6 is 0 Å². The van der Waals surface area contributed by atoms with Crippen molar-refractivity contribution in [2.24, 2.45) is 17.3 Å². The van der Waals surface area contributed by atoms with E-state index in [9.17, 15) is 4.79 Å². The minimum absolute atomic E-state index is 0.0818. The molecule has 0 aromatic carbocycles. The standard InChI is InChI=1S/C18H26N2O3/c21-17(19-10-14-3-4-14)16-12-20(11-15-2-1-7-23-15)13-18(16)5-8-22-9-6-18/h1-2,7,14,16H,3-6,8-13H2,(H,19,21)/t16-/m1/s1. The van der Waals surface area contributed by atoms with E-state index < -0.39 is 0 Å². The van der Waals surface area contributed by atoms with Gasteiger partial charge in [-0.3, -0.25) is 9.69 Å². The van der Waals surface area contributed by atoms with Crippen molar-refractivity contribution in [2.75, 3.05) is 32.8 Å². The Morgan fingerprint density at radius 3 is 2.87 bits per heavy atom.